The molecular formula is C29H32N3O+. The number of amides is 1. The Balaban J connectivity index is 1.63. The van der Waals surface area contributed by atoms with Gasteiger partial charge in [0.2, 0.25) is 5.91 Å². The summed E-state index contributed by atoms with van der Waals surface area (Å²) < 4.78 is 0. The molecular weight excluding hydrogens is 406 g/mol. The molecule has 4 atom stereocenters. The molecule has 0 radical (unpaired) electrons. The third-order valence-electron chi connectivity index (χ3n) is 7.13. The second-order valence-electron chi connectivity index (χ2n) is 8.97. The van der Waals surface area contributed by atoms with Crippen molar-refractivity contribution in [3.8, 4) is 6.07 Å². The number of nitriles is 1. The number of likely N-dealkylation sites (tertiary alicyclic amines) is 1. The van der Waals surface area contributed by atoms with E-state index in [9.17, 15) is 10.1 Å². The molecule has 1 fully saturated rings. The predicted octanol–water partition coefficient (Wildman–Crippen LogP) is 4.67. The Morgan fingerprint density at radius 2 is 1.61 bits per heavy atom. The van der Waals surface area contributed by atoms with Crippen molar-refractivity contribution in [1.29, 1.82) is 5.26 Å². The molecule has 4 heteroatoms. The predicted molar refractivity (Wildman–Crippen MR) is 130 cm³/mol. The minimum absolute atomic E-state index is 0.0387. The molecule has 1 aliphatic rings. The number of rotatable bonds is 6. The van der Waals surface area contributed by atoms with E-state index in [1.807, 2.05) is 37.3 Å². The van der Waals surface area contributed by atoms with Gasteiger partial charge < -0.3 is 10.6 Å². The first-order valence-electron chi connectivity index (χ1n) is 11.8. The number of hydrogen-bond acceptors (Lipinski definition) is 2. The van der Waals surface area contributed by atoms with Crippen LogP contribution in [0.15, 0.2) is 84.9 Å². The van der Waals surface area contributed by atoms with Crippen LogP contribution in [-0.4, -0.2) is 23.9 Å². The summed E-state index contributed by atoms with van der Waals surface area (Å²) in [6.45, 7) is 3.30. The maximum absolute atomic E-state index is 13.9. The standard InChI is InChI=1S/C29H31N3O/c1-21(27(20-31)26-15-9-8-14-25(26)19-30)29(33)32-17-16-24(22-10-4-2-5-11-22)18-28(32)23-12-6-3-7-13-23/h2-15,21,24,27-28H,16-18,20,31H2,1H3/p+1/t21-,24?,27?,28-/m1/s1. The Labute approximate surface area is 196 Å². The summed E-state index contributed by atoms with van der Waals surface area (Å²) in [7, 11) is 0. The first-order chi connectivity index (χ1) is 16.1. The van der Waals surface area contributed by atoms with Gasteiger partial charge in [-0.05, 0) is 41.5 Å². The molecule has 3 N–H and O–H groups in total. The first-order valence-corrected chi connectivity index (χ1v) is 11.8. The fourth-order valence-electron chi connectivity index (χ4n) is 5.28. The van der Waals surface area contributed by atoms with Crippen LogP contribution in [0.1, 0.15) is 59.9 Å². The van der Waals surface area contributed by atoms with Crippen molar-refractivity contribution in [3.63, 3.8) is 0 Å². The molecule has 2 unspecified atom stereocenters. The third kappa shape index (κ3) is 4.84. The Morgan fingerprint density at radius 1 is 1.00 bits per heavy atom. The maximum atomic E-state index is 13.9. The summed E-state index contributed by atoms with van der Waals surface area (Å²) in [6, 6.07) is 31.0. The van der Waals surface area contributed by atoms with Crippen molar-refractivity contribution >= 4 is 5.91 Å². The van der Waals surface area contributed by atoms with E-state index in [0.29, 0.717) is 18.0 Å². The van der Waals surface area contributed by atoms with Gasteiger partial charge in [0.15, 0.2) is 0 Å². The molecule has 4 rings (SSSR count). The molecule has 3 aromatic carbocycles. The fourth-order valence-corrected chi connectivity index (χ4v) is 5.28. The number of quaternary nitrogens is 1. The molecule has 1 amide bonds. The molecule has 4 nitrogen and oxygen atoms in total. The second kappa shape index (κ2) is 10.5. The Bertz CT molecular complexity index is 1110. The van der Waals surface area contributed by atoms with Crippen LogP contribution in [0.2, 0.25) is 0 Å². The molecule has 0 spiro atoms. The molecule has 1 aliphatic heterocycles. The number of piperidine rings is 1. The van der Waals surface area contributed by atoms with Gasteiger partial charge in [0.1, 0.15) is 0 Å². The average Bonchev–Trinajstić information content (AvgIpc) is 2.89. The second-order valence-corrected chi connectivity index (χ2v) is 8.97. The minimum Gasteiger partial charge on any atom is -0.357 e. The Kier molecular flexibility index (Phi) is 7.22. The lowest BCUT2D eigenvalue weighted by Gasteiger charge is -2.42. The van der Waals surface area contributed by atoms with Crippen molar-refractivity contribution < 1.29 is 10.5 Å². The zero-order valence-corrected chi connectivity index (χ0v) is 19.2. The molecule has 0 aromatic heterocycles. The highest BCUT2D eigenvalue weighted by Gasteiger charge is 2.38. The highest BCUT2D eigenvalue weighted by atomic mass is 16.2. The number of hydrogen-bond donors (Lipinski definition) is 1. The molecule has 168 valence electrons. The number of carbonyl (C=O) groups is 1. The van der Waals surface area contributed by atoms with Gasteiger partial charge in [0.25, 0.3) is 0 Å². The van der Waals surface area contributed by atoms with Crippen LogP contribution in [-0.2, 0) is 4.79 Å². The molecule has 1 heterocycles. The van der Waals surface area contributed by atoms with Crippen molar-refractivity contribution in [1.82, 2.24) is 4.90 Å². The zero-order chi connectivity index (χ0) is 23.2. The van der Waals surface area contributed by atoms with Crippen molar-refractivity contribution in [2.45, 2.75) is 37.6 Å². The van der Waals surface area contributed by atoms with E-state index >= 15 is 0 Å². The fraction of sp³-hybridized carbons (Fsp3) is 0.310. The smallest absolute Gasteiger partial charge is 0.226 e. The Morgan fingerprint density at radius 3 is 2.24 bits per heavy atom. The van der Waals surface area contributed by atoms with E-state index in [-0.39, 0.29) is 23.8 Å². The van der Waals surface area contributed by atoms with Crippen LogP contribution in [0.3, 0.4) is 0 Å². The zero-order valence-electron chi connectivity index (χ0n) is 19.2. The number of nitrogens with zero attached hydrogens (tertiary/aromatic N) is 2. The van der Waals surface area contributed by atoms with E-state index in [1.54, 1.807) is 0 Å². The average molecular weight is 439 g/mol. The molecule has 0 saturated carbocycles. The molecule has 3 aromatic rings. The van der Waals surface area contributed by atoms with E-state index < -0.39 is 0 Å². The van der Waals surface area contributed by atoms with Gasteiger partial charge in [-0.2, -0.15) is 5.26 Å². The normalized spacial score (nSPS) is 20.0. The quantitative estimate of drug-likeness (QED) is 0.608. The van der Waals surface area contributed by atoms with Gasteiger partial charge in [-0.1, -0.05) is 85.8 Å². The van der Waals surface area contributed by atoms with Crippen molar-refractivity contribution in [3.05, 3.63) is 107 Å². The summed E-state index contributed by atoms with van der Waals surface area (Å²) in [4.78, 5) is 16.0. The van der Waals surface area contributed by atoms with Crippen LogP contribution >= 0.6 is 0 Å². The topological polar surface area (TPSA) is 71.7 Å². The molecule has 0 aliphatic carbocycles. The first kappa shape index (κ1) is 22.8. The highest BCUT2D eigenvalue weighted by Crippen LogP contribution is 2.41. The summed E-state index contributed by atoms with van der Waals surface area (Å²) in [5.74, 6) is 0.239. The van der Waals surface area contributed by atoms with E-state index in [1.165, 1.54) is 11.1 Å². The van der Waals surface area contributed by atoms with Gasteiger partial charge in [0.05, 0.1) is 24.2 Å². The van der Waals surface area contributed by atoms with Crippen LogP contribution < -0.4 is 5.73 Å². The number of benzene rings is 3. The molecule has 1 saturated heterocycles. The Hall–Kier alpha value is -3.42. The number of carbonyl (C=O) groups excluding carboxylic acids is 1. The lowest BCUT2D eigenvalue weighted by Crippen LogP contribution is -2.55. The van der Waals surface area contributed by atoms with Gasteiger partial charge in [-0.3, -0.25) is 4.79 Å². The lowest BCUT2D eigenvalue weighted by atomic mass is 9.80. The minimum atomic E-state index is -0.253. The molecule has 33 heavy (non-hydrogen) atoms. The van der Waals surface area contributed by atoms with Gasteiger partial charge >= 0.3 is 0 Å². The summed E-state index contributed by atoms with van der Waals surface area (Å²) in [6.07, 6.45) is 1.87. The van der Waals surface area contributed by atoms with Crippen LogP contribution in [0.25, 0.3) is 0 Å². The van der Waals surface area contributed by atoms with Crippen LogP contribution in [0.5, 0.6) is 0 Å². The summed E-state index contributed by atoms with van der Waals surface area (Å²) in [5.41, 5.74) is 8.22. The monoisotopic (exact) mass is 438 g/mol. The van der Waals surface area contributed by atoms with E-state index in [2.05, 4.69) is 71.3 Å². The maximum Gasteiger partial charge on any atom is 0.226 e. The third-order valence-corrected chi connectivity index (χ3v) is 7.13. The lowest BCUT2D eigenvalue weighted by molar-refractivity contribution is -0.374. The van der Waals surface area contributed by atoms with Gasteiger partial charge in [0, 0.05) is 18.4 Å². The largest absolute Gasteiger partial charge is 0.357 e. The van der Waals surface area contributed by atoms with Gasteiger partial charge in [-0.15, -0.1) is 0 Å². The van der Waals surface area contributed by atoms with E-state index in [0.717, 1.165) is 24.9 Å². The van der Waals surface area contributed by atoms with Crippen molar-refractivity contribution in [2.24, 2.45) is 5.92 Å². The van der Waals surface area contributed by atoms with Crippen LogP contribution in [0.4, 0.5) is 0 Å². The highest BCUT2D eigenvalue weighted by molar-refractivity contribution is 5.80. The van der Waals surface area contributed by atoms with Crippen LogP contribution in [0, 0.1) is 17.2 Å². The van der Waals surface area contributed by atoms with Crippen molar-refractivity contribution in [2.75, 3.05) is 13.1 Å². The summed E-state index contributed by atoms with van der Waals surface area (Å²) >= 11 is 0. The molecule has 0 bridgehead atoms. The van der Waals surface area contributed by atoms with Gasteiger partial charge in [-0.25, -0.2) is 0 Å². The van der Waals surface area contributed by atoms with E-state index in [4.69, 9.17) is 0 Å². The SMILES string of the molecule is C[C@@H](C(=O)N1CCC(c2ccccc2)C[C@@H]1c1ccccc1)C(C[NH3+])c1ccccc1C#N. The summed E-state index contributed by atoms with van der Waals surface area (Å²) in [5, 5.41) is 9.59.